The minimum Gasteiger partial charge on any atom is -0.494 e. The second kappa shape index (κ2) is 8.90. The number of thiazole rings is 1. The number of halogens is 1. The van der Waals surface area contributed by atoms with Gasteiger partial charge in [0, 0.05) is 34.3 Å². The lowest BCUT2D eigenvalue weighted by Crippen LogP contribution is -1.97. The Balaban J connectivity index is 1.57. The van der Waals surface area contributed by atoms with Crippen molar-refractivity contribution >= 4 is 33.8 Å². The van der Waals surface area contributed by atoms with E-state index in [2.05, 4.69) is 23.3 Å². The van der Waals surface area contributed by atoms with Crippen LogP contribution in [0.1, 0.15) is 28.8 Å². The highest BCUT2D eigenvalue weighted by Crippen LogP contribution is 2.32. The molecule has 7 heteroatoms. The van der Waals surface area contributed by atoms with Crippen molar-refractivity contribution in [3.05, 3.63) is 81.8 Å². The lowest BCUT2D eigenvalue weighted by Gasteiger charge is -2.11. The minimum atomic E-state index is 0.758. The number of hydrogen-bond donors (Lipinski definition) is 1. The van der Waals surface area contributed by atoms with Gasteiger partial charge in [-0.2, -0.15) is 0 Å². The van der Waals surface area contributed by atoms with E-state index < -0.39 is 0 Å². The third-order valence-electron chi connectivity index (χ3n) is 4.79. The molecule has 0 atom stereocenters. The van der Waals surface area contributed by atoms with Gasteiger partial charge < -0.3 is 14.6 Å². The molecule has 0 radical (unpaired) electrons. The number of ether oxygens (including phenoxy) is 1. The van der Waals surface area contributed by atoms with E-state index in [1.807, 2.05) is 54.1 Å². The van der Waals surface area contributed by atoms with Gasteiger partial charge in [-0.05, 0) is 43.2 Å². The summed E-state index contributed by atoms with van der Waals surface area (Å²) in [7, 11) is 1.67. The molecule has 30 heavy (non-hydrogen) atoms. The van der Waals surface area contributed by atoms with E-state index in [1.165, 1.54) is 10.4 Å². The maximum Gasteiger partial charge on any atom is 0.187 e. The Morgan fingerprint density at radius 3 is 2.77 bits per heavy atom. The van der Waals surface area contributed by atoms with Gasteiger partial charge in [0.05, 0.1) is 30.5 Å². The van der Waals surface area contributed by atoms with Crippen molar-refractivity contribution in [1.82, 2.24) is 14.5 Å². The molecular formula is C23H23ClN4OS. The first-order valence-electron chi connectivity index (χ1n) is 9.74. The van der Waals surface area contributed by atoms with Crippen LogP contribution in [-0.4, -0.2) is 21.6 Å². The van der Waals surface area contributed by atoms with E-state index in [4.69, 9.17) is 21.3 Å². The number of benzene rings is 2. The molecule has 4 aromatic rings. The van der Waals surface area contributed by atoms with Gasteiger partial charge in [0.1, 0.15) is 5.75 Å². The van der Waals surface area contributed by atoms with E-state index in [0.717, 1.165) is 51.5 Å². The molecule has 0 saturated carbocycles. The van der Waals surface area contributed by atoms with Gasteiger partial charge in [-0.3, -0.25) is 0 Å². The fourth-order valence-electron chi connectivity index (χ4n) is 3.33. The molecule has 0 unspecified atom stereocenters. The number of imidazole rings is 1. The number of anilines is 2. The van der Waals surface area contributed by atoms with Gasteiger partial charge in [-0.15, -0.1) is 11.3 Å². The van der Waals surface area contributed by atoms with Gasteiger partial charge in [0.15, 0.2) is 5.13 Å². The Kier molecular flexibility index (Phi) is 6.06. The number of nitrogens with zero attached hydrogens (tertiary/aromatic N) is 3. The molecule has 0 aliphatic heterocycles. The van der Waals surface area contributed by atoms with Crippen molar-refractivity contribution in [2.45, 2.75) is 26.7 Å². The van der Waals surface area contributed by atoms with Crippen LogP contribution in [0.2, 0.25) is 5.02 Å². The molecule has 0 amide bonds. The molecule has 0 fully saturated rings. The standard InChI is InChI=1S/C23H23ClN4OS/c1-4-19-22(11-16-6-5-7-17(24)10-16)30-23(27-19)26-18-8-9-20(21(12-18)29-3)28-13-15(2)25-14-28/h5-10,12-14H,4,11H2,1-3H3,(H,26,27). The highest BCUT2D eigenvalue weighted by Gasteiger charge is 2.13. The number of aromatic nitrogens is 3. The number of hydrogen-bond acceptors (Lipinski definition) is 5. The molecule has 0 bridgehead atoms. The molecule has 4 rings (SSSR count). The van der Waals surface area contributed by atoms with E-state index in [9.17, 15) is 0 Å². The van der Waals surface area contributed by atoms with Gasteiger partial charge in [0.2, 0.25) is 0 Å². The topological polar surface area (TPSA) is 52.0 Å². The number of aryl methyl sites for hydroxylation is 2. The summed E-state index contributed by atoms with van der Waals surface area (Å²) < 4.78 is 7.57. The predicted molar refractivity (Wildman–Crippen MR) is 124 cm³/mol. The van der Waals surface area contributed by atoms with Crippen molar-refractivity contribution in [3.63, 3.8) is 0 Å². The average molecular weight is 439 g/mol. The highest BCUT2D eigenvalue weighted by atomic mass is 35.5. The lowest BCUT2D eigenvalue weighted by atomic mass is 10.1. The Hall–Kier alpha value is -2.83. The third-order valence-corrected chi connectivity index (χ3v) is 6.04. The van der Waals surface area contributed by atoms with Crippen LogP contribution in [0.3, 0.4) is 0 Å². The quantitative estimate of drug-likeness (QED) is 0.373. The number of nitrogens with one attached hydrogen (secondary N) is 1. The van der Waals surface area contributed by atoms with Crippen molar-refractivity contribution < 1.29 is 4.74 Å². The summed E-state index contributed by atoms with van der Waals surface area (Å²) in [6, 6.07) is 14.0. The van der Waals surface area contributed by atoms with Crippen LogP contribution >= 0.6 is 22.9 Å². The Labute approximate surface area is 185 Å². The minimum absolute atomic E-state index is 0.758. The van der Waals surface area contributed by atoms with Crippen molar-refractivity contribution in [3.8, 4) is 11.4 Å². The smallest absolute Gasteiger partial charge is 0.187 e. The van der Waals surface area contributed by atoms with Crippen LogP contribution in [-0.2, 0) is 12.8 Å². The van der Waals surface area contributed by atoms with Crippen molar-refractivity contribution in [1.29, 1.82) is 0 Å². The summed E-state index contributed by atoms with van der Waals surface area (Å²) in [5.41, 5.74) is 5.13. The van der Waals surface area contributed by atoms with Crippen molar-refractivity contribution in [2.24, 2.45) is 0 Å². The van der Waals surface area contributed by atoms with Crippen LogP contribution < -0.4 is 10.1 Å². The van der Waals surface area contributed by atoms with Gasteiger partial charge in [-0.25, -0.2) is 9.97 Å². The Morgan fingerprint density at radius 1 is 1.20 bits per heavy atom. The Morgan fingerprint density at radius 2 is 2.07 bits per heavy atom. The number of rotatable bonds is 7. The van der Waals surface area contributed by atoms with Crippen LogP contribution in [0.5, 0.6) is 5.75 Å². The van der Waals surface area contributed by atoms with Gasteiger partial charge >= 0.3 is 0 Å². The largest absolute Gasteiger partial charge is 0.494 e. The normalized spacial score (nSPS) is 10.9. The molecule has 0 saturated heterocycles. The summed E-state index contributed by atoms with van der Waals surface area (Å²) in [6.07, 6.45) is 5.47. The summed E-state index contributed by atoms with van der Waals surface area (Å²) in [5, 5.41) is 5.06. The average Bonchev–Trinajstić information content (AvgIpc) is 3.33. The first-order chi connectivity index (χ1) is 14.6. The van der Waals surface area contributed by atoms with Crippen LogP contribution in [0.15, 0.2) is 55.0 Å². The first-order valence-corrected chi connectivity index (χ1v) is 10.9. The molecule has 1 N–H and O–H groups in total. The molecule has 0 aliphatic rings. The Bertz CT molecular complexity index is 1170. The highest BCUT2D eigenvalue weighted by molar-refractivity contribution is 7.15. The van der Waals surface area contributed by atoms with E-state index in [1.54, 1.807) is 24.8 Å². The zero-order chi connectivity index (χ0) is 21.1. The zero-order valence-corrected chi connectivity index (χ0v) is 18.7. The van der Waals surface area contributed by atoms with Crippen LogP contribution in [0.25, 0.3) is 5.69 Å². The van der Waals surface area contributed by atoms with Crippen LogP contribution in [0, 0.1) is 6.92 Å². The van der Waals surface area contributed by atoms with E-state index in [-0.39, 0.29) is 0 Å². The molecular weight excluding hydrogens is 416 g/mol. The van der Waals surface area contributed by atoms with E-state index in [0.29, 0.717) is 0 Å². The maximum absolute atomic E-state index is 6.14. The predicted octanol–water partition coefficient (Wildman–Crippen LogP) is 6.20. The second-order valence-corrected chi connectivity index (χ2v) is 8.50. The monoisotopic (exact) mass is 438 g/mol. The summed E-state index contributed by atoms with van der Waals surface area (Å²) in [6.45, 7) is 4.10. The van der Waals surface area contributed by atoms with Crippen molar-refractivity contribution in [2.75, 3.05) is 12.4 Å². The van der Waals surface area contributed by atoms with Gasteiger partial charge in [-0.1, -0.05) is 30.7 Å². The third kappa shape index (κ3) is 4.50. The molecule has 2 heterocycles. The summed E-state index contributed by atoms with van der Waals surface area (Å²) in [4.78, 5) is 10.3. The second-order valence-electron chi connectivity index (χ2n) is 6.98. The molecule has 154 valence electrons. The fourth-order valence-corrected chi connectivity index (χ4v) is 4.65. The molecule has 5 nitrogen and oxygen atoms in total. The van der Waals surface area contributed by atoms with Crippen LogP contribution in [0.4, 0.5) is 10.8 Å². The van der Waals surface area contributed by atoms with E-state index >= 15 is 0 Å². The zero-order valence-electron chi connectivity index (χ0n) is 17.1. The van der Waals surface area contributed by atoms with Gasteiger partial charge in [0.25, 0.3) is 0 Å². The maximum atomic E-state index is 6.14. The molecule has 2 aromatic heterocycles. The number of methoxy groups -OCH3 is 1. The molecule has 0 aliphatic carbocycles. The first kappa shape index (κ1) is 20.4. The fraction of sp³-hybridized carbons (Fsp3) is 0.217. The summed E-state index contributed by atoms with van der Waals surface area (Å²) in [5.74, 6) is 0.767. The lowest BCUT2D eigenvalue weighted by molar-refractivity contribution is 0.413. The molecule has 2 aromatic carbocycles. The SMILES string of the molecule is CCc1nc(Nc2ccc(-n3cnc(C)c3)c(OC)c2)sc1Cc1cccc(Cl)c1. The molecule has 0 spiro atoms. The summed E-state index contributed by atoms with van der Waals surface area (Å²) >= 11 is 7.82.